The number of aromatic nitrogens is 2. The van der Waals surface area contributed by atoms with Gasteiger partial charge >= 0.3 is 5.69 Å². The smallest absolute Gasteiger partial charge is 0.346 e. The van der Waals surface area contributed by atoms with Crippen LogP contribution in [0, 0.1) is 25.2 Å². The SMILES string of the molecule is Cc1ccccc1[C@@H](C)NC(=O)CSc1nc(=O)[nH]c(C)c1C#N. The zero-order valence-corrected chi connectivity index (χ0v) is 14.5. The van der Waals surface area contributed by atoms with Crippen molar-refractivity contribution in [1.82, 2.24) is 15.3 Å². The molecule has 0 aliphatic rings. The minimum Gasteiger partial charge on any atom is -0.349 e. The summed E-state index contributed by atoms with van der Waals surface area (Å²) < 4.78 is 0. The predicted octanol–water partition coefficient (Wildman–Crippen LogP) is 2.23. The second-order valence-corrected chi connectivity index (χ2v) is 6.36. The molecule has 0 bridgehead atoms. The van der Waals surface area contributed by atoms with Crippen molar-refractivity contribution in [2.24, 2.45) is 0 Å². The number of carbonyl (C=O) groups is 1. The van der Waals surface area contributed by atoms with Gasteiger partial charge in [0.05, 0.1) is 11.8 Å². The van der Waals surface area contributed by atoms with Crippen LogP contribution in [0.3, 0.4) is 0 Å². The summed E-state index contributed by atoms with van der Waals surface area (Å²) >= 11 is 1.08. The molecule has 0 saturated carbocycles. The molecule has 1 heterocycles. The number of H-pyrrole nitrogens is 1. The van der Waals surface area contributed by atoms with Gasteiger partial charge in [-0.2, -0.15) is 10.2 Å². The third-order valence-electron chi connectivity index (χ3n) is 3.57. The number of aryl methyl sites for hydroxylation is 2. The molecule has 0 radical (unpaired) electrons. The molecule has 2 N–H and O–H groups in total. The molecule has 0 aliphatic heterocycles. The molecule has 0 unspecified atom stereocenters. The number of rotatable bonds is 5. The summed E-state index contributed by atoms with van der Waals surface area (Å²) in [6.45, 7) is 5.54. The molecule has 0 spiro atoms. The maximum atomic E-state index is 12.2. The predicted molar refractivity (Wildman–Crippen MR) is 92.8 cm³/mol. The normalized spacial score (nSPS) is 11.6. The summed E-state index contributed by atoms with van der Waals surface area (Å²) in [5.74, 6) is -0.0970. The average Bonchev–Trinajstić information content (AvgIpc) is 2.52. The minimum absolute atomic E-state index is 0.0841. The summed E-state index contributed by atoms with van der Waals surface area (Å²) in [5.41, 5.74) is 2.38. The van der Waals surface area contributed by atoms with Crippen LogP contribution in [0.5, 0.6) is 0 Å². The van der Waals surface area contributed by atoms with E-state index in [2.05, 4.69) is 15.3 Å². The number of thioether (sulfide) groups is 1. The molecule has 0 aliphatic carbocycles. The van der Waals surface area contributed by atoms with E-state index >= 15 is 0 Å². The van der Waals surface area contributed by atoms with Crippen molar-refractivity contribution in [3.8, 4) is 6.07 Å². The van der Waals surface area contributed by atoms with E-state index in [9.17, 15) is 9.59 Å². The fourth-order valence-corrected chi connectivity index (χ4v) is 3.20. The van der Waals surface area contributed by atoms with E-state index in [1.807, 2.05) is 44.2 Å². The van der Waals surface area contributed by atoms with E-state index in [1.54, 1.807) is 6.92 Å². The largest absolute Gasteiger partial charge is 0.349 e. The van der Waals surface area contributed by atoms with E-state index in [0.717, 1.165) is 22.9 Å². The number of amides is 1. The topological polar surface area (TPSA) is 98.6 Å². The number of carbonyl (C=O) groups excluding carboxylic acids is 1. The lowest BCUT2D eigenvalue weighted by Gasteiger charge is -2.16. The third kappa shape index (κ3) is 4.24. The Morgan fingerprint density at radius 2 is 2.12 bits per heavy atom. The van der Waals surface area contributed by atoms with Crippen LogP contribution in [0.4, 0.5) is 0 Å². The fourth-order valence-electron chi connectivity index (χ4n) is 2.36. The molecular formula is C17H18N4O2S. The van der Waals surface area contributed by atoms with Crippen LogP contribution in [-0.4, -0.2) is 21.6 Å². The molecule has 24 heavy (non-hydrogen) atoms. The first-order valence-corrected chi connectivity index (χ1v) is 8.39. The first-order valence-electron chi connectivity index (χ1n) is 7.41. The van der Waals surface area contributed by atoms with E-state index in [1.165, 1.54) is 0 Å². The lowest BCUT2D eigenvalue weighted by Crippen LogP contribution is -2.28. The number of nitrogens with zero attached hydrogens (tertiary/aromatic N) is 2. The van der Waals surface area contributed by atoms with Crippen LogP contribution >= 0.6 is 11.8 Å². The van der Waals surface area contributed by atoms with Gasteiger partial charge in [0.15, 0.2) is 0 Å². The Bertz CT molecular complexity index is 854. The van der Waals surface area contributed by atoms with Crippen molar-refractivity contribution < 1.29 is 4.79 Å². The number of hydrogen-bond acceptors (Lipinski definition) is 5. The van der Waals surface area contributed by atoms with Crippen molar-refractivity contribution in [3.05, 3.63) is 57.1 Å². The van der Waals surface area contributed by atoms with Gasteiger partial charge in [0.1, 0.15) is 16.7 Å². The summed E-state index contributed by atoms with van der Waals surface area (Å²) in [7, 11) is 0. The molecule has 1 atom stereocenters. The quantitative estimate of drug-likeness (QED) is 0.641. The summed E-state index contributed by atoms with van der Waals surface area (Å²) in [6, 6.07) is 9.74. The van der Waals surface area contributed by atoms with Gasteiger partial charge in [0.25, 0.3) is 0 Å². The molecule has 1 amide bonds. The molecule has 0 fully saturated rings. The van der Waals surface area contributed by atoms with Gasteiger partial charge in [-0.05, 0) is 31.9 Å². The van der Waals surface area contributed by atoms with Crippen molar-refractivity contribution in [3.63, 3.8) is 0 Å². The highest BCUT2D eigenvalue weighted by molar-refractivity contribution is 8.00. The summed E-state index contributed by atoms with van der Waals surface area (Å²) in [4.78, 5) is 29.8. The Balaban J connectivity index is 2.03. The second kappa shape index (κ2) is 7.79. The number of hydrogen-bond donors (Lipinski definition) is 2. The Labute approximate surface area is 144 Å². The number of benzene rings is 1. The van der Waals surface area contributed by atoms with Gasteiger partial charge in [-0.1, -0.05) is 36.0 Å². The van der Waals surface area contributed by atoms with Crippen LogP contribution in [0.25, 0.3) is 0 Å². The van der Waals surface area contributed by atoms with Gasteiger partial charge in [-0.15, -0.1) is 0 Å². The van der Waals surface area contributed by atoms with Crippen LogP contribution in [0.2, 0.25) is 0 Å². The first-order chi connectivity index (χ1) is 11.4. The van der Waals surface area contributed by atoms with E-state index in [-0.39, 0.29) is 22.7 Å². The lowest BCUT2D eigenvalue weighted by atomic mass is 10.0. The third-order valence-corrected chi connectivity index (χ3v) is 4.55. The van der Waals surface area contributed by atoms with Gasteiger partial charge in [0, 0.05) is 5.69 Å². The van der Waals surface area contributed by atoms with E-state index in [0.29, 0.717) is 11.3 Å². The van der Waals surface area contributed by atoms with Crippen LogP contribution in [0.1, 0.15) is 35.3 Å². The molecule has 0 saturated heterocycles. The summed E-state index contributed by atoms with van der Waals surface area (Å²) in [6.07, 6.45) is 0. The zero-order chi connectivity index (χ0) is 17.7. The zero-order valence-electron chi connectivity index (χ0n) is 13.7. The Morgan fingerprint density at radius 1 is 1.42 bits per heavy atom. The molecular weight excluding hydrogens is 324 g/mol. The monoisotopic (exact) mass is 342 g/mol. The lowest BCUT2D eigenvalue weighted by molar-refractivity contribution is -0.119. The standard InChI is InChI=1S/C17H18N4O2S/c1-10-6-4-5-7-13(10)11(2)19-15(22)9-24-16-14(8-18)12(3)20-17(23)21-16/h4-7,11H,9H2,1-3H3,(H,19,22)(H,20,21,23)/t11-/m1/s1. The van der Waals surface area contributed by atoms with E-state index < -0.39 is 5.69 Å². The van der Waals surface area contributed by atoms with Gasteiger partial charge in [-0.3, -0.25) is 4.79 Å². The Hall–Kier alpha value is -2.59. The maximum Gasteiger partial charge on any atom is 0.346 e. The Morgan fingerprint density at radius 3 is 2.79 bits per heavy atom. The molecule has 7 heteroatoms. The molecule has 1 aromatic heterocycles. The molecule has 6 nitrogen and oxygen atoms in total. The van der Waals surface area contributed by atoms with Crippen molar-refractivity contribution >= 4 is 17.7 Å². The highest BCUT2D eigenvalue weighted by atomic mass is 32.2. The number of nitriles is 1. The van der Waals surface area contributed by atoms with Gasteiger partial charge < -0.3 is 10.3 Å². The molecule has 124 valence electrons. The van der Waals surface area contributed by atoms with E-state index in [4.69, 9.17) is 5.26 Å². The van der Waals surface area contributed by atoms with Crippen molar-refractivity contribution in [1.29, 1.82) is 5.26 Å². The highest BCUT2D eigenvalue weighted by Gasteiger charge is 2.14. The van der Waals surface area contributed by atoms with Crippen molar-refractivity contribution in [2.75, 3.05) is 5.75 Å². The Kier molecular flexibility index (Phi) is 5.77. The number of nitrogens with one attached hydrogen (secondary N) is 2. The van der Waals surface area contributed by atoms with Crippen LogP contribution in [-0.2, 0) is 4.79 Å². The number of aromatic amines is 1. The molecule has 2 rings (SSSR count). The average molecular weight is 342 g/mol. The summed E-state index contributed by atoms with van der Waals surface area (Å²) in [5, 5.41) is 12.3. The molecule has 1 aromatic carbocycles. The molecule has 2 aromatic rings. The van der Waals surface area contributed by atoms with Crippen LogP contribution in [0.15, 0.2) is 34.1 Å². The highest BCUT2D eigenvalue weighted by Crippen LogP contribution is 2.21. The maximum absolute atomic E-state index is 12.2. The van der Waals surface area contributed by atoms with Gasteiger partial charge in [0.2, 0.25) is 5.91 Å². The fraction of sp³-hybridized carbons (Fsp3) is 0.294. The minimum atomic E-state index is -0.525. The van der Waals surface area contributed by atoms with Crippen molar-refractivity contribution in [2.45, 2.75) is 31.8 Å². The second-order valence-electron chi connectivity index (χ2n) is 5.39. The van der Waals surface area contributed by atoms with Crippen LogP contribution < -0.4 is 11.0 Å². The van der Waals surface area contributed by atoms with Gasteiger partial charge in [-0.25, -0.2) is 4.79 Å². The first kappa shape index (κ1) is 17.8.